The molecule has 0 aliphatic heterocycles. The van der Waals surface area contributed by atoms with Gasteiger partial charge in [0.15, 0.2) is 0 Å². The Hall–Kier alpha value is -1.74. The lowest BCUT2D eigenvalue weighted by molar-refractivity contribution is -0.137. The summed E-state index contributed by atoms with van der Waals surface area (Å²) in [5, 5.41) is 2.76. The summed E-state index contributed by atoms with van der Waals surface area (Å²) in [6.45, 7) is 0.374. The molecule has 0 atom stereocenters. The van der Waals surface area contributed by atoms with Crippen molar-refractivity contribution in [2.24, 2.45) is 0 Å². The van der Waals surface area contributed by atoms with Crippen LogP contribution in [0.4, 0.5) is 13.2 Å². The number of halogens is 3. The van der Waals surface area contributed by atoms with E-state index in [2.05, 4.69) is 22.1 Å². The molecule has 0 saturated heterocycles. The van der Waals surface area contributed by atoms with Crippen LogP contribution >= 0.6 is 0 Å². The van der Waals surface area contributed by atoms with Gasteiger partial charge in [-0.05, 0) is 13.1 Å². The fourth-order valence-electron chi connectivity index (χ4n) is 1.09. The number of alkyl halides is 3. The minimum absolute atomic E-state index is 0.0848. The van der Waals surface area contributed by atoms with Crippen molar-refractivity contribution in [3.8, 4) is 17.7 Å². The van der Waals surface area contributed by atoms with Gasteiger partial charge in [0.1, 0.15) is 0 Å². The monoisotopic (exact) mass is 244 g/mol. The first-order chi connectivity index (χ1) is 7.99. The Labute approximate surface area is 97.0 Å². The molecule has 0 saturated carbocycles. The Bertz CT molecular complexity index is 446. The predicted molar refractivity (Wildman–Crippen MR) is 56.6 cm³/mol. The van der Waals surface area contributed by atoms with Crippen molar-refractivity contribution >= 4 is 0 Å². The molecule has 0 aliphatic rings. The van der Waals surface area contributed by atoms with Gasteiger partial charge in [0.25, 0.3) is 0 Å². The van der Waals surface area contributed by atoms with Gasteiger partial charge in [-0.25, -0.2) is 4.98 Å². The predicted octanol–water partition coefficient (Wildman–Crippen LogP) is 1.68. The van der Waals surface area contributed by atoms with Gasteiger partial charge in [-0.3, -0.25) is 0 Å². The van der Waals surface area contributed by atoms with Crippen LogP contribution in [0, 0.1) is 11.8 Å². The maximum Gasteiger partial charge on any atom is 0.417 e. The Morgan fingerprint density at radius 1 is 1.47 bits per heavy atom. The van der Waals surface area contributed by atoms with Crippen LogP contribution in [0.2, 0.25) is 0 Å². The molecule has 17 heavy (non-hydrogen) atoms. The summed E-state index contributed by atoms with van der Waals surface area (Å²) in [6.07, 6.45) is -3.71. The highest BCUT2D eigenvalue weighted by Crippen LogP contribution is 2.30. The normalized spacial score (nSPS) is 10.6. The number of pyridine rings is 1. The molecule has 0 aliphatic carbocycles. The van der Waals surface area contributed by atoms with E-state index in [0.29, 0.717) is 6.54 Å². The van der Waals surface area contributed by atoms with E-state index in [-0.39, 0.29) is 11.4 Å². The van der Waals surface area contributed by atoms with E-state index in [4.69, 9.17) is 4.74 Å². The second kappa shape index (κ2) is 5.55. The molecule has 6 heteroatoms. The summed E-state index contributed by atoms with van der Waals surface area (Å²) >= 11 is 0. The minimum Gasteiger partial charge on any atom is -0.480 e. The Kier molecular flexibility index (Phi) is 4.35. The summed E-state index contributed by atoms with van der Waals surface area (Å²) in [4.78, 5) is 3.58. The van der Waals surface area contributed by atoms with Crippen molar-refractivity contribution in [1.29, 1.82) is 0 Å². The number of nitrogens with zero attached hydrogens (tertiary/aromatic N) is 1. The van der Waals surface area contributed by atoms with Crippen molar-refractivity contribution in [3.63, 3.8) is 0 Å². The fourth-order valence-corrected chi connectivity index (χ4v) is 1.09. The van der Waals surface area contributed by atoms with E-state index in [1.807, 2.05) is 0 Å². The summed E-state index contributed by atoms with van der Waals surface area (Å²) < 4.78 is 42.2. The van der Waals surface area contributed by atoms with Crippen LogP contribution < -0.4 is 10.1 Å². The average Bonchev–Trinajstić information content (AvgIpc) is 2.28. The maximum absolute atomic E-state index is 12.5. The van der Waals surface area contributed by atoms with Gasteiger partial charge in [0.05, 0.1) is 24.8 Å². The van der Waals surface area contributed by atoms with E-state index >= 15 is 0 Å². The van der Waals surface area contributed by atoms with E-state index in [1.165, 1.54) is 7.11 Å². The Morgan fingerprint density at radius 2 is 2.18 bits per heavy atom. The van der Waals surface area contributed by atoms with Crippen LogP contribution in [0.25, 0.3) is 0 Å². The number of rotatable bonds is 2. The number of nitrogens with one attached hydrogen (secondary N) is 1. The largest absolute Gasteiger partial charge is 0.480 e. The minimum atomic E-state index is -4.43. The second-order valence-corrected chi connectivity index (χ2v) is 3.11. The number of ether oxygens (including phenoxy) is 1. The zero-order valence-electron chi connectivity index (χ0n) is 9.35. The summed E-state index contributed by atoms with van der Waals surface area (Å²) in [5.41, 5.74) is -0.718. The number of methoxy groups -OCH3 is 1. The molecular weight excluding hydrogens is 233 g/mol. The van der Waals surface area contributed by atoms with Crippen LogP contribution in [-0.2, 0) is 6.18 Å². The van der Waals surface area contributed by atoms with Gasteiger partial charge in [-0.2, -0.15) is 13.2 Å². The van der Waals surface area contributed by atoms with Crippen LogP contribution in [0.15, 0.2) is 12.3 Å². The second-order valence-electron chi connectivity index (χ2n) is 3.11. The van der Waals surface area contributed by atoms with Gasteiger partial charge in [0, 0.05) is 6.20 Å². The zero-order chi connectivity index (χ0) is 12.9. The smallest absolute Gasteiger partial charge is 0.417 e. The molecule has 0 spiro atoms. The molecule has 0 fully saturated rings. The molecular formula is C11H11F3N2O. The molecule has 0 unspecified atom stereocenters. The molecule has 1 aromatic rings. The van der Waals surface area contributed by atoms with Crippen LogP contribution in [0.5, 0.6) is 5.88 Å². The van der Waals surface area contributed by atoms with Crippen molar-refractivity contribution in [2.45, 2.75) is 6.18 Å². The SMILES string of the molecule is CNCC#Cc1cc(C(F)(F)F)cnc1OC. The summed E-state index contributed by atoms with van der Waals surface area (Å²) in [5.74, 6) is 5.32. The third-order valence-electron chi connectivity index (χ3n) is 1.86. The van der Waals surface area contributed by atoms with Crippen molar-refractivity contribution in [2.75, 3.05) is 20.7 Å². The van der Waals surface area contributed by atoms with Gasteiger partial charge >= 0.3 is 6.18 Å². The first-order valence-corrected chi connectivity index (χ1v) is 4.73. The Balaban J connectivity index is 3.13. The van der Waals surface area contributed by atoms with Gasteiger partial charge in [0.2, 0.25) is 5.88 Å². The lowest BCUT2D eigenvalue weighted by Gasteiger charge is -2.08. The molecule has 0 aromatic carbocycles. The lowest BCUT2D eigenvalue weighted by Crippen LogP contribution is -2.07. The molecule has 92 valence electrons. The molecule has 3 nitrogen and oxygen atoms in total. The number of hydrogen-bond acceptors (Lipinski definition) is 3. The third-order valence-corrected chi connectivity index (χ3v) is 1.86. The molecule has 1 aromatic heterocycles. The Morgan fingerprint density at radius 3 is 2.71 bits per heavy atom. The van der Waals surface area contributed by atoms with E-state index < -0.39 is 11.7 Å². The number of aromatic nitrogens is 1. The molecule has 0 bridgehead atoms. The topological polar surface area (TPSA) is 34.2 Å². The quantitative estimate of drug-likeness (QED) is 0.804. The molecule has 0 amide bonds. The van der Waals surface area contributed by atoms with Gasteiger partial charge in [-0.1, -0.05) is 11.8 Å². The third kappa shape index (κ3) is 3.64. The lowest BCUT2D eigenvalue weighted by atomic mass is 10.2. The van der Waals surface area contributed by atoms with Gasteiger partial charge < -0.3 is 10.1 Å². The van der Waals surface area contributed by atoms with Crippen LogP contribution in [0.1, 0.15) is 11.1 Å². The highest BCUT2D eigenvalue weighted by Gasteiger charge is 2.31. The first-order valence-electron chi connectivity index (χ1n) is 4.73. The van der Waals surface area contributed by atoms with Crippen LogP contribution in [0.3, 0.4) is 0 Å². The summed E-state index contributed by atoms with van der Waals surface area (Å²) in [7, 11) is 3.02. The number of hydrogen-bond donors (Lipinski definition) is 1. The maximum atomic E-state index is 12.5. The molecule has 1 heterocycles. The highest BCUT2D eigenvalue weighted by molar-refractivity contribution is 5.44. The fraction of sp³-hybridized carbons (Fsp3) is 0.364. The average molecular weight is 244 g/mol. The highest BCUT2D eigenvalue weighted by atomic mass is 19.4. The molecule has 0 radical (unpaired) electrons. The zero-order valence-corrected chi connectivity index (χ0v) is 9.35. The first kappa shape index (κ1) is 13.3. The summed E-state index contributed by atoms with van der Waals surface area (Å²) in [6, 6.07) is 0.925. The van der Waals surface area contributed by atoms with Crippen molar-refractivity contribution in [1.82, 2.24) is 10.3 Å². The van der Waals surface area contributed by atoms with Crippen molar-refractivity contribution < 1.29 is 17.9 Å². The van der Waals surface area contributed by atoms with E-state index in [0.717, 1.165) is 12.3 Å². The van der Waals surface area contributed by atoms with E-state index in [9.17, 15) is 13.2 Å². The standard InChI is InChI=1S/C11H11F3N2O/c1-15-5-3-4-8-6-9(11(12,13)14)7-16-10(8)17-2/h6-7,15H,5H2,1-2H3. The van der Waals surface area contributed by atoms with Crippen LogP contribution in [-0.4, -0.2) is 25.7 Å². The van der Waals surface area contributed by atoms with Gasteiger partial charge in [-0.15, -0.1) is 0 Å². The van der Waals surface area contributed by atoms with Crippen molar-refractivity contribution in [3.05, 3.63) is 23.4 Å². The van der Waals surface area contributed by atoms with E-state index in [1.54, 1.807) is 7.05 Å². The molecule has 1 N–H and O–H groups in total. The molecule has 1 rings (SSSR count).